The van der Waals surface area contributed by atoms with Crippen molar-refractivity contribution in [3.63, 3.8) is 0 Å². The van der Waals surface area contributed by atoms with Crippen LogP contribution in [0.25, 0.3) is 0 Å². The molecule has 1 saturated heterocycles. The summed E-state index contributed by atoms with van der Waals surface area (Å²) in [6, 6.07) is 7.60. The van der Waals surface area contributed by atoms with E-state index in [1.54, 1.807) is 7.11 Å². The van der Waals surface area contributed by atoms with Crippen LogP contribution in [0.15, 0.2) is 24.3 Å². The largest absolute Gasteiger partial charge is 0.497 e. The fourth-order valence-electron chi connectivity index (χ4n) is 3.11. The molecular weight excluding hydrogens is 304 g/mol. The number of ether oxygens (including phenoxy) is 1. The lowest BCUT2D eigenvalue weighted by molar-refractivity contribution is -0.141. The number of carbonyl (C=O) groups excluding carboxylic acids is 2. The molecule has 1 fully saturated rings. The highest BCUT2D eigenvalue weighted by molar-refractivity contribution is 5.81. The van der Waals surface area contributed by atoms with E-state index in [4.69, 9.17) is 4.74 Å². The lowest BCUT2D eigenvalue weighted by Crippen LogP contribution is -2.52. The number of piperazine rings is 1. The van der Waals surface area contributed by atoms with Crippen molar-refractivity contribution in [1.29, 1.82) is 0 Å². The number of carbonyl (C=O) groups is 2. The number of hydrogen-bond donors (Lipinski definition) is 0. The maximum absolute atomic E-state index is 12.5. The second-order valence-corrected chi connectivity index (χ2v) is 6.42. The molecule has 0 aromatic heterocycles. The van der Waals surface area contributed by atoms with Gasteiger partial charge in [-0.1, -0.05) is 32.4 Å². The molecule has 1 aliphatic heterocycles. The molecule has 1 heterocycles. The van der Waals surface area contributed by atoms with Gasteiger partial charge in [-0.05, 0) is 24.1 Å². The number of benzene rings is 1. The summed E-state index contributed by atoms with van der Waals surface area (Å²) in [4.78, 5) is 28.5. The zero-order valence-corrected chi connectivity index (χ0v) is 15.0. The first kappa shape index (κ1) is 18.3. The monoisotopic (exact) mass is 332 g/mol. The molecule has 0 N–H and O–H groups in total. The summed E-state index contributed by atoms with van der Waals surface area (Å²) in [5.41, 5.74) is 0.953. The Morgan fingerprint density at radius 2 is 1.83 bits per heavy atom. The zero-order valence-electron chi connectivity index (χ0n) is 15.0. The molecule has 0 aliphatic carbocycles. The first-order valence-electron chi connectivity index (χ1n) is 8.74. The predicted octanol–water partition coefficient (Wildman–Crippen LogP) is 2.34. The van der Waals surface area contributed by atoms with Gasteiger partial charge in [-0.2, -0.15) is 0 Å². The molecule has 24 heavy (non-hydrogen) atoms. The lowest BCUT2D eigenvalue weighted by Gasteiger charge is -2.36. The van der Waals surface area contributed by atoms with Crippen molar-refractivity contribution in [2.24, 2.45) is 5.92 Å². The minimum Gasteiger partial charge on any atom is -0.497 e. The van der Waals surface area contributed by atoms with Crippen molar-refractivity contribution in [3.05, 3.63) is 29.8 Å². The summed E-state index contributed by atoms with van der Waals surface area (Å²) in [6.45, 7) is 6.60. The van der Waals surface area contributed by atoms with Crippen molar-refractivity contribution in [2.45, 2.75) is 33.1 Å². The van der Waals surface area contributed by atoms with E-state index in [0.29, 0.717) is 32.6 Å². The quantitative estimate of drug-likeness (QED) is 0.803. The van der Waals surface area contributed by atoms with Gasteiger partial charge in [0, 0.05) is 32.1 Å². The third-order valence-electron chi connectivity index (χ3n) is 4.58. The smallest absolute Gasteiger partial charge is 0.227 e. The van der Waals surface area contributed by atoms with Gasteiger partial charge in [0.15, 0.2) is 0 Å². The van der Waals surface area contributed by atoms with E-state index < -0.39 is 0 Å². The first-order chi connectivity index (χ1) is 11.5. The highest BCUT2D eigenvalue weighted by Crippen LogP contribution is 2.15. The number of hydrogen-bond acceptors (Lipinski definition) is 3. The Hall–Kier alpha value is -2.04. The van der Waals surface area contributed by atoms with Gasteiger partial charge in [0.1, 0.15) is 5.75 Å². The summed E-state index contributed by atoms with van der Waals surface area (Å²) in [7, 11) is 1.62. The van der Waals surface area contributed by atoms with E-state index in [2.05, 4.69) is 6.92 Å². The van der Waals surface area contributed by atoms with E-state index in [0.717, 1.165) is 24.2 Å². The molecule has 5 nitrogen and oxygen atoms in total. The van der Waals surface area contributed by atoms with Crippen LogP contribution in [-0.4, -0.2) is 54.9 Å². The van der Waals surface area contributed by atoms with Gasteiger partial charge < -0.3 is 14.5 Å². The summed E-state index contributed by atoms with van der Waals surface area (Å²) in [6.07, 6.45) is 2.32. The summed E-state index contributed by atoms with van der Waals surface area (Å²) in [5, 5.41) is 0. The van der Waals surface area contributed by atoms with Crippen molar-refractivity contribution < 1.29 is 14.3 Å². The molecule has 0 bridgehead atoms. The van der Waals surface area contributed by atoms with Crippen LogP contribution in [0.4, 0.5) is 0 Å². The minimum atomic E-state index is 0.0778. The molecule has 0 saturated carbocycles. The van der Waals surface area contributed by atoms with Crippen LogP contribution in [-0.2, 0) is 16.0 Å². The topological polar surface area (TPSA) is 49.9 Å². The Morgan fingerprint density at radius 3 is 2.46 bits per heavy atom. The van der Waals surface area contributed by atoms with E-state index >= 15 is 0 Å². The summed E-state index contributed by atoms with van der Waals surface area (Å²) in [5.74, 6) is 1.17. The molecule has 0 radical (unpaired) electrons. The van der Waals surface area contributed by atoms with Gasteiger partial charge in [-0.25, -0.2) is 0 Å². The lowest BCUT2D eigenvalue weighted by atomic mass is 10.0. The van der Waals surface area contributed by atoms with Crippen LogP contribution < -0.4 is 4.74 Å². The third kappa shape index (κ3) is 4.73. The average Bonchev–Trinajstić information content (AvgIpc) is 2.61. The number of nitrogens with zero attached hydrogens (tertiary/aromatic N) is 2. The zero-order chi connectivity index (χ0) is 17.5. The van der Waals surface area contributed by atoms with Crippen molar-refractivity contribution >= 4 is 11.8 Å². The fraction of sp³-hybridized carbons (Fsp3) is 0.579. The third-order valence-corrected chi connectivity index (χ3v) is 4.58. The normalized spacial score (nSPS) is 16.0. The Labute approximate surface area is 144 Å². The SMILES string of the molecule is CCCC(C)C(=O)N1CCN(C(=O)Cc2cccc(OC)c2)CC1. The second kappa shape index (κ2) is 8.71. The molecule has 2 rings (SSSR count). The van der Waals surface area contributed by atoms with Crippen LogP contribution >= 0.6 is 0 Å². The van der Waals surface area contributed by atoms with Gasteiger partial charge in [0.25, 0.3) is 0 Å². The highest BCUT2D eigenvalue weighted by atomic mass is 16.5. The van der Waals surface area contributed by atoms with Gasteiger partial charge in [-0.15, -0.1) is 0 Å². The van der Waals surface area contributed by atoms with Crippen LogP contribution in [0, 0.1) is 5.92 Å². The van der Waals surface area contributed by atoms with Crippen molar-refractivity contribution in [2.75, 3.05) is 33.3 Å². The molecule has 1 aliphatic rings. The highest BCUT2D eigenvalue weighted by Gasteiger charge is 2.26. The molecule has 0 spiro atoms. The Balaban J connectivity index is 1.85. The van der Waals surface area contributed by atoms with Crippen molar-refractivity contribution in [1.82, 2.24) is 9.80 Å². The average molecular weight is 332 g/mol. The first-order valence-corrected chi connectivity index (χ1v) is 8.74. The number of amides is 2. The Bertz CT molecular complexity index is 565. The summed E-state index contributed by atoms with van der Waals surface area (Å²) < 4.78 is 5.20. The van der Waals surface area contributed by atoms with Crippen molar-refractivity contribution in [3.8, 4) is 5.75 Å². The van der Waals surface area contributed by atoms with Gasteiger partial charge in [-0.3, -0.25) is 9.59 Å². The number of methoxy groups -OCH3 is 1. The number of rotatable bonds is 6. The standard InChI is InChI=1S/C19H28N2O3/c1-4-6-15(2)19(23)21-11-9-20(10-12-21)18(22)14-16-7-5-8-17(13-16)24-3/h5,7-8,13,15H,4,6,9-12,14H2,1-3H3. The fourth-order valence-corrected chi connectivity index (χ4v) is 3.11. The Morgan fingerprint density at radius 1 is 1.17 bits per heavy atom. The molecule has 5 heteroatoms. The molecule has 1 unspecified atom stereocenters. The second-order valence-electron chi connectivity index (χ2n) is 6.42. The van der Waals surface area contributed by atoms with E-state index in [1.165, 1.54) is 0 Å². The van der Waals surface area contributed by atoms with E-state index in [-0.39, 0.29) is 17.7 Å². The van der Waals surface area contributed by atoms with E-state index in [1.807, 2.05) is 41.0 Å². The molecule has 1 aromatic carbocycles. The molecule has 2 amide bonds. The molecule has 1 atom stereocenters. The van der Waals surface area contributed by atoms with Crippen LogP contribution in [0.3, 0.4) is 0 Å². The van der Waals surface area contributed by atoms with Crippen LogP contribution in [0.5, 0.6) is 5.75 Å². The Kier molecular flexibility index (Phi) is 6.64. The van der Waals surface area contributed by atoms with Crippen LogP contribution in [0.2, 0.25) is 0 Å². The molecule has 1 aromatic rings. The van der Waals surface area contributed by atoms with Crippen LogP contribution in [0.1, 0.15) is 32.3 Å². The maximum atomic E-state index is 12.5. The maximum Gasteiger partial charge on any atom is 0.227 e. The molecular formula is C19H28N2O3. The predicted molar refractivity (Wildman–Crippen MR) is 93.9 cm³/mol. The van der Waals surface area contributed by atoms with E-state index in [9.17, 15) is 9.59 Å². The minimum absolute atomic E-state index is 0.0778. The summed E-state index contributed by atoms with van der Waals surface area (Å²) >= 11 is 0. The van der Waals surface area contributed by atoms with Gasteiger partial charge >= 0.3 is 0 Å². The van der Waals surface area contributed by atoms with Gasteiger partial charge in [0.05, 0.1) is 13.5 Å². The molecule has 132 valence electrons. The van der Waals surface area contributed by atoms with Gasteiger partial charge in [0.2, 0.25) is 11.8 Å².